The Hall–Kier alpha value is -2.03. The van der Waals surface area contributed by atoms with E-state index in [4.69, 9.17) is 0 Å². The summed E-state index contributed by atoms with van der Waals surface area (Å²) < 4.78 is 0. The van der Waals surface area contributed by atoms with Crippen molar-refractivity contribution in [3.8, 4) is 0 Å². The molecule has 2 N–H and O–H groups in total. The van der Waals surface area contributed by atoms with Crippen molar-refractivity contribution in [3.05, 3.63) is 59.9 Å². The van der Waals surface area contributed by atoms with Gasteiger partial charge in [0.2, 0.25) is 5.91 Å². The minimum Gasteiger partial charge on any atom is -0.513 e. The van der Waals surface area contributed by atoms with E-state index in [0.717, 1.165) is 12.0 Å². The fourth-order valence-corrected chi connectivity index (χ4v) is 1.90. The zero-order chi connectivity index (χ0) is 16.8. The summed E-state index contributed by atoms with van der Waals surface area (Å²) in [6, 6.07) is -0.0869. The first-order chi connectivity index (χ1) is 10.5. The van der Waals surface area contributed by atoms with Crippen molar-refractivity contribution in [2.45, 2.75) is 53.0 Å². The molecule has 0 spiro atoms. The van der Waals surface area contributed by atoms with Crippen molar-refractivity contribution < 1.29 is 9.90 Å². The fourth-order valence-electron chi connectivity index (χ4n) is 1.90. The second kappa shape index (κ2) is 12.7. The number of carbonyl (C=O) groups is 1. The van der Waals surface area contributed by atoms with E-state index in [1.165, 1.54) is 0 Å². The van der Waals surface area contributed by atoms with Crippen LogP contribution in [0.15, 0.2) is 59.9 Å². The number of aliphatic hydroxyl groups is 1. The van der Waals surface area contributed by atoms with Crippen LogP contribution in [-0.2, 0) is 4.79 Å². The van der Waals surface area contributed by atoms with Crippen LogP contribution in [0.5, 0.6) is 0 Å². The summed E-state index contributed by atoms with van der Waals surface area (Å²) in [5.74, 6) is 0.296. The molecule has 1 atom stereocenters. The quantitative estimate of drug-likeness (QED) is 0.476. The molecule has 3 nitrogen and oxygen atoms in total. The minimum atomic E-state index is -0.0869. The van der Waals surface area contributed by atoms with E-state index in [-0.39, 0.29) is 17.7 Å². The number of allylic oxidation sites excluding steroid dienone is 8. The molecule has 0 aromatic carbocycles. The van der Waals surface area contributed by atoms with Crippen LogP contribution in [0.2, 0.25) is 0 Å². The van der Waals surface area contributed by atoms with Crippen molar-refractivity contribution in [2.24, 2.45) is 0 Å². The average Bonchev–Trinajstić information content (AvgIpc) is 2.46. The van der Waals surface area contributed by atoms with Gasteiger partial charge >= 0.3 is 0 Å². The van der Waals surface area contributed by atoms with Crippen LogP contribution in [0.25, 0.3) is 0 Å². The molecule has 0 saturated carbocycles. The Balaban J connectivity index is 5.01. The molecule has 1 unspecified atom stereocenters. The molecule has 0 aliphatic heterocycles. The van der Waals surface area contributed by atoms with Gasteiger partial charge in [-0.1, -0.05) is 56.4 Å². The van der Waals surface area contributed by atoms with Gasteiger partial charge < -0.3 is 10.4 Å². The molecule has 0 bridgehead atoms. The van der Waals surface area contributed by atoms with E-state index < -0.39 is 0 Å². The number of amides is 1. The molecule has 0 aliphatic carbocycles. The van der Waals surface area contributed by atoms with Crippen LogP contribution in [-0.4, -0.2) is 17.1 Å². The van der Waals surface area contributed by atoms with Gasteiger partial charge in [0.1, 0.15) is 0 Å². The van der Waals surface area contributed by atoms with Crippen LogP contribution in [0.1, 0.15) is 47.0 Å². The molecule has 0 aliphatic rings. The fraction of sp³-hybridized carbons (Fsp3) is 0.421. The van der Waals surface area contributed by atoms with Crippen LogP contribution < -0.4 is 5.32 Å². The Morgan fingerprint density at radius 2 is 1.86 bits per heavy atom. The summed E-state index contributed by atoms with van der Waals surface area (Å²) >= 11 is 0. The molecule has 1 amide bonds. The third-order valence-electron chi connectivity index (χ3n) is 2.85. The van der Waals surface area contributed by atoms with Crippen LogP contribution in [0.3, 0.4) is 0 Å². The maximum Gasteiger partial charge on any atom is 0.220 e. The summed E-state index contributed by atoms with van der Waals surface area (Å²) in [6.45, 7) is 7.50. The predicted octanol–water partition coefficient (Wildman–Crippen LogP) is 4.76. The number of rotatable bonds is 9. The van der Waals surface area contributed by atoms with E-state index in [9.17, 15) is 9.90 Å². The Bertz CT molecular complexity index is 464. The zero-order valence-electron chi connectivity index (χ0n) is 14.2. The Morgan fingerprint density at radius 3 is 2.41 bits per heavy atom. The summed E-state index contributed by atoms with van der Waals surface area (Å²) in [7, 11) is 0. The Labute approximate surface area is 134 Å². The molecule has 0 radical (unpaired) electrons. The number of aliphatic hydroxyl groups excluding tert-OH is 1. The van der Waals surface area contributed by atoms with Crippen molar-refractivity contribution >= 4 is 5.91 Å². The summed E-state index contributed by atoms with van der Waals surface area (Å²) in [4.78, 5) is 11.7. The first-order valence-corrected chi connectivity index (χ1v) is 7.85. The molecule has 0 heterocycles. The lowest BCUT2D eigenvalue weighted by molar-refractivity contribution is -0.121. The van der Waals surface area contributed by atoms with Gasteiger partial charge in [0.05, 0.1) is 11.8 Å². The lowest BCUT2D eigenvalue weighted by Crippen LogP contribution is -2.33. The molecule has 0 saturated heterocycles. The molecule has 22 heavy (non-hydrogen) atoms. The maximum absolute atomic E-state index is 11.7. The van der Waals surface area contributed by atoms with E-state index in [1.807, 2.05) is 50.3 Å². The van der Waals surface area contributed by atoms with Crippen molar-refractivity contribution in [1.82, 2.24) is 5.32 Å². The molecule has 0 rings (SSSR count). The van der Waals surface area contributed by atoms with Gasteiger partial charge in [-0.25, -0.2) is 0 Å². The molecule has 0 fully saturated rings. The van der Waals surface area contributed by atoms with Crippen molar-refractivity contribution in [2.75, 3.05) is 0 Å². The molecule has 0 aromatic heterocycles. The van der Waals surface area contributed by atoms with Gasteiger partial charge in [0.25, 0.3) is 0 Å². The lowest BCUT2D eigenvalue weighted by Gasteiger charge is -2.15. The number of hydrogen-bond donors (Lipinski definition) is 2. The standard InChI is InChI=1S/C19H29NO2/c1-5-8-9-10-11-13-18(20-19(22)7-3)15-17(12-6-2)14-16(4)21/h5,8-14,18,21H,6-7,15H2,1-4H3,(H,20,22)/b8-5-,10-9-,13-11+,16-14+,17-12+. The first-order valence-electron chi connectivity index (χ1n) is 7.85. The predicted molar refractivity (Wildman–Crippen MR) is 94.7 cm³/mol. The SMILES string of the molecule is C\C=C/C=C\C=C\C(CC(=C/CC)/C=C(\C)O)NC(=O)CC. The van der Waals surface area contributed by atoms with Gasteiger partial charge in [0, 0.05) is 6.42 Å². The largest absolute Gasteiger partial charge is 0.513 e. The highest BCUT2D eigenvalue weighted by Crippen LogP contribution is 2.12. The smallest absolute Gasteiger partial charge is 0.220 e. The van der Waals surface area contributed by atoms with E-state index in [2.05, 4.69) is 18.3 Å². The molecule has 122 valence electrons. The number of carbonyl (C=O) groups excluding carboxylic acids is 1. The van der Waals surface area contributed by atoms with Gasteiger partial charge in [-0.3, -0.25) is 4.79 Å². The van der Waals surface area contributed by atoms with Gasteiger partial charge in [-0.15, -0.1) is 0 Å². The second-order valence-corrected chi connectivity index (χ2v) is 5.00. The highest BCUT2D eigenvalue weighted by molar-refractivity contribution is 5.76. The highest BCUT2D eigenvalue weighted by atomic mass is 16.3. The van der Waals surface area contributed by atoms with Gasteiger partial charge in [-0.05, 0) is 38.3 Å². The zero-order valence-corrected chi connectivity index (χ0v) is 14.2. The first kappa shape index (κ1) is 20.0. The number of nitrogens with one attached hydrogen (secondary N) is 1. The van der Waals surface area contributed by atoms with Crippen LogP contribution >= 0.6 is 0 Å². The normalized spacial score (nSPS) is 15.1. The highest BCUT2D eigenvalue weighted by Gasteiger charge is 2.09. The van der Waals surface area contributed by atoms with E-state index >= 15 is 0 Å². The summed E-state index contributed by atoms with van der Waals surface area (Å²) in [5, 5.41) is 12.5. The number of hydrogen-bond acceptors (Lipinski definition) is 2. The molecular weight excluding hydrogens is 274 g/mol. The minimum absolute atomic E-state index is 0.0210. The van der Waals surface area contributed by atoms with Gasteiger partial charge in [0.15, 0.2) is 0 Å². The Kier molecular flexibility index (Phi) is 11.5. The van der Waals surface area contributed by atoms with E-state index in [1.54, 1.807) is 13.0 Å². The van der Waals surface area contributed by atoms with Crippen molar-refractivity contribution in [3.63, 3.8) is 0 Å². The second-order valence-electron chi connectivity index (χ2n) is 5.00. The van der Waals surface area contributed by atoms with Crippen molar-refractivity contribution in [1.29, 1.82) is 0 Å². The third-order valence-corrected chi connectivity index (χ3v) is 2.85. The lowest BCUT2D eigenvalue weighted by atomic mass is 10.0. The molecule has 0 aromatic rings. The van der Waals surface area contributed by atoms with Crippen LogP contribution in [0, 0.1) is 0 Å². The molecular formula is C19H29NO2. The van der Waals surface area contributed by atoms with E-state index in [0.29, 0.717) is 12.8 Å². The topological polar surface area (TPSA) is 49.3 Å². The molecule has 3 heteroatoms. The summed E-state index contributed by atoms with van der Waals surface area (Å²) in [6.07, 6.45) is 17.5. The third kappa shape index (κ3) is 10.7. The monoisotopic (exact) mass is 303 g/mol. The maximum atomic E-state index is 11.7. The summed E-state index contributed by atoms with van der Waals surface area (Å²) in [5.41, 5.74) is 1.02. The van der Waals surface area contributed by atoms with Gasteiger partial charge in [-0.2, -0.15) is 0 Å². The average molecular weight is 303 g/mol. The van der Waals surface area contributed by atoms with Crippen LogP contribution in [0.4, 0.5) is 0 Å². The Morgan fingerprint density at radius 1 is 1.18 bits per heavy atom.